The summed E-state index contributed by atoms with van der Waals surface area (Å²) in [4.78, 5) is 15.2. The molecule has 1 N–H and O–H groups in total. The van der Waals surface area contributed by atoms with E-state index in [2.05, 4.69) is 10.2 Å². The number of hydrogen-bond acceptors (Lipinski definition) is 4. The van der Waals surface area contributed by atoms with Crippen molar-refractivity contribution in [1.82, 2.24) is 10.2 Å². The molecule has 0 radical (unpaired) electrons. The van der Waals surface area contributed by atoms with Crippen LogP contribution in [0.4, 0.5) is 5.69 Å². The second-order valence-corrected chi connectivity index (χ2v) is 9.42. The van der Waals surface area contributed by atoms with Crippen LogP contribution in [0.3, 0.4) is 0 Å². The van der Waals surface area contributed by atoms with Gasteiger partial charge in [0.2, 0.25) is 5.91 Å². The fourth-order valence-electron chi connectivity index (χ4n) is 3.80. The Labute approximate surface area is 179 Å². The van der Waals surface area contributed by atoms with Crippen molar-refractivity contribution in [3.05, 3.63) is 60.2 Å². The van der Waals surface area contributed by atoms with Crippen LogP contribution in [-0.2, 0) is 21.2 Å². The molecule has 2 aromatic carbocycles. The van der Waals surface area contributed by atoms with Gasteiger partial charge < -0.3 is 10.2 Å². The van der Waals surface area contributed by atoms with E-state index in [-0.39, 0.29) is 17.3 Å². The van der Waals surface area contributed by atoms with Crippen molar-refractivity contribution < 1.29 is 13.2 Å². The summed E-state index contributed by atoms with van der Waals surface area (Å²) in [6.45, 7) is 5.51. The number of rotatable bonds is 10. The summed E-state index contributed by atoms with van der Waals surface area (Å²) >= 11 is 0. The molecule has 162 valence electrons. The molecule has 0 aliphatic carbocycles. The third-order valence-electron chi connectivity index (χ3n) is 5.43. The van der Waals surface area contributed by atoms with Crippen LogP contribution >= 0.6 is 0 Å². The highest BCUT2D eigenvalue weighted by atomic mass is 32.2. The number of sulfonamides is 1. The molecule has 1 aliphatic heterocycles. The lowest BCUT2D eigenvalue weighted by Gasteiger charge is -2.26. The monoisotopic (exact) mass is 429 g/mol. The van der Waals surface area contributed by atoms with Crippen molar-refractivity contribution in [3.8, 4) is 0 Å². The Kier molecular flexibility index (Phi) is 7.87. The first kappa shape index (κ1) is 22.3. The van der Waals surface area contributed by atoms with E-state index < -0.39 is 10.0 Å². The number of amides is 1. The highest BCUT2D eigenvalue weighted by Gasteiger charge is 2.28. The van der Waals surface area contributed by atoms with Crippen molar-refractivity contribution in [2.75, 3.05) is 37.0 Å². The Morgan fingerprint density at radius 2 is 1.70 bits per heavy atom. The van der Waals surface area contributed by atoms with Crippen LogP contribution in [0.1, 0.15) is 31.7 Å². The Morgan fingerprint density at radius 1 is 1.03 bits per heavy atom. The summed E-state index contributed by atoms with van der Waals surface area (Å²) < 4.78 is 28.0. The highest BCUT2D eigenvalue weighted by Crippen LogP contribution is 2.27. The Hall–Kier alpha value is -2.38. The molecule has 0 spiro atoms. The van der Waals surface area contributed by atoms with Crippen LogP contribution < -0.4 is 9.62 Å². The fourth-order valence-corrected chi connectivity index (χ4v) is 5.28. The van der Waals surface area contributed by atoms with E-state index in [0.29, 0.717) is 18.7 Å². The molecule has 0 atom stereocenters. The van der Waals surface area contributed by atoms with E-state index in [1.807, 2.05) is 19.1 Å². The molecule has 1 fully saturated rings. The maximum absolute atomic E-state index is 13.4. The molecule has 0 aromatic heterocycles. The summed E-state index contributed by atoms with van der Waals surface area (Å²) in [6, 6.07) is 15.6. The smallest absolute Gasteiger partial charge is 0.264 e. The average molecular weight is 430 g/mol. The molecule has 3 rings (SSSR count). The van der Waals surface area contributed by atoms with E-state index in [9.17, 15) is 13.2 Å². The van der Waals surface area contributed by atoms with Gasteiger partial charge in [-0.15, -0.1) is 0 Å². The molecule has 0 unspecified atom stereocenters. The number of likely N-dealkylation sites (tertiary alicyclic amines) is 1. The summed E-state index contributed by atoms with van der Waals surface area (Å²) in [5.74, 6) is -0.290. The van der Waals surface area contributed by atoms with Crippen molar-refractivity contribution >= 4 is 21.6 Å². The summed E-state index contributed by atoms with van der Waals surface area (Å²) in [5.41, 5.74) is 1.44. The van der Waals surface area contributed by atoms with Gasteiger partial charge in [-0.2, -0.15) is 0 Å². The Morgan fingerprint density at radius 3 is 2.40 bits per heavy atom. The first-order valence-corrected chi connectivity index (χ1v) is 12.1. The second kappa shape index (κ2) is 10.6. The quantitative estimate of drug-likeness (QED) is 0.590. The first-order valence-electron chi connectivity index (χ1n) is 10.7. The van der Waals surface area contributed by atoms with Gasteiger partial charge in [0.15, 0.2) is 0 Å². The largest absolute Gasteiger partial charge is 0.354 e. The molecule has 30 heavy (non-hydrogen) atoms. The van der Waals surface area contributed by atoms with Gasteiger partial charge in [-0.3, -0.25) is 9.10 Å². The zero-order valence-corrected chi connectivity index (χ0v) is 18.4. The predicted molar refractivity (Wildman–Crippen MR) is 120 cm³/mol. The molecular weight excluding hydrogens is 398 g/mol. The minimum absolute atomic E-state index is 0.178. The SMILES string of the molecule is CCc1ccccc1N(CC(=O)NCCCN1CCCC1)S(=O)(=O)c1ccccc1. The Balaban J connectivity index is 1.73. The molecule has 0 bridgehead atoms. The number of aryl methyl sites for hydroxylation is 1. The second-order valence-electron chi connectivity index (χ2n) is 7.56. The minimum atomic E-state index is -3.86. The molecule has 1 aliphatic rings. The third-order valence-corrected chi connectivity index (χ3v) is 7.21. The van der Waals surface area contributed by atoms with E-state index in [1.54, 1.807) is 42.5 Å². The van der Waals surface area contributed by atoms with Gasteiger partial charge in [-0.05, 0) is 69.1 Å². The van der Waals surface area contributed by atoms with Gasteiger partial charge in [0.05, 0.1) is 10.6 Å². The summed E-state index contributed by atoms with van der Waals surface area (Å²) in [7, 11) is -3.86. The van der Waals surface area contributed by atoms with Crippen molar-refractivity contribution in [1.29, 1.82) is 0 Å². The number of nitrogens with zero attached hydrogens (tertiary/aromatic N) is 2. The number of anilines is 1. The van der Waals surface area contributed by atoms with Crippen LogP contribution in [0.5, 0.6) is 0 Å². The number of carbonyl (C=O) groups excluding carboxylic acids is 1. The molecular formula is C23H31N3O3S. The van der Waals surface area contributed by atoms with Crippen LogP contribution in [0.2, 0.25) is 0 Å². The standard InChI is InChI=1S/C23H31N3O3S/c1-2-20-11-6-7-14-22(20)26(30(28,29)21-12-4-3-5-13-21)19-23(27)24-15-10-18-25-16-8-9-17-25/h3-7,11-14H,2,8-10,15-19H2,1H3,(H,24,27). The predicted octanol–water partition coefficient (Wildman–Crippen LogP) is 3.05. The van der Waals surface area contributed by atoms with E-state index >= 15 is 0 Å². The number of carbonyl (C=O) groups is 1. The lowest BCUT2D eigenvalue weighted by atomic mass is 10.1. The average Bonchev–Trinajstić information content (AvgIpc) is 3.29. The van der Waals surface area contributed by atoms with Crippen LogP contribution in [0.15, 0.2) is 59.5 Å². The maximum Gasteiger partial charge on any atom is 0.264 e. The molecule has 1 saturated heterocycles. The normalized spacial score (nSPS) is 14.6. The van der Waals surface area contributed by atoms with E-state index in [4.69, 9.17) is 0 Å². The summed E-state index contributed by atoms with van der Waals surface area (Å²) in [5, 5.41) is 2.90. The number of hydrogen-bond donors (Lipinski definition) is 1. The van der Waals surface area contributed by atoms with Crippen LogP contribution in [-0.4, -0.2) is 51.9 Å². The molecule has 2 aromatic rings. The highest BCUT2D eigenvalue weighted by molar-refractivity contribution is 7.92. The number of benzene rings is 2. The number of nitrogens with one attached hydrogen (secondary N) is 1. The van der Waals surface area contributed by atoms with Gasteiger partial charge in [0, 0.05) is 6.54 Å². The first-order chi connectivity index (χ1) is 14.5. The third kappa shape index (κ3) is 5.61. The molecule has 1 heterocycles. The number of para-hydroxylation sites is 1. The molecule has 7 heteroatoms. The Bertz CT molecular complexity index is 926. The van der Waals surface area contributed by atoms with Crippen molar-refractivity contribution in [2.24, 2.45) is 0 Å². The van der Waals surface area contributed by atoms with Gasteiger partial charge in [0.25, 0.3) is 10.0 Å². The summed E-state index contributed by atoms with van der Waals surface area (Å²) in [6.07, 6.45) is 4.03. The topological polar surface area (TPSA) is 69.7 Å². The van der Waals surface area contributed by atoms with Crippen molar-refractivity contribution in [3.63, 3.8) is 0 Å². The molecule has 1 amide bonds. The lowest BCUT2D eigenvalue weighted by molar-refractivity contribution is -0.119. The minimum Gasteiger partial charge on any atom is -0.354 e. The molecule has 6 nitrogen and oxygen atoms in total. The van der Waals surface area contributed by atoms with Gasteiger partial charge in [0.1, 0.15) is 6.54 Å². The zero-order chi connectivity index (χ0) is 21.4. The van der Waals surface area contributed by atoms with Crippen molar-refractivity contribution in [2.45, 2.75) is 37.5 Å². The maximum atomic E-state index is 13.4. The van der Waals surface area contributed by atoms with Gasteiger partial charge in [-0.1, -0.05) is 43.3 Å². The zero-order valence-electron chi connectivity index (χ0n) is 17.6. The van der Waals surface area contributed by atoms with Gasteiger partial charge >= 0.3 is 0 Å². The van der Waals surface area contributed by atoms with Crippen LogP contribution in [0, 0.1) is 0 Å². The fraction of sp³-hybridized carbons (Fsp3) is 0.435. The van der Waals surface area contributed by atoms with Crippen LogP contribution in [0.25, 0.3) is 0 Å². The molecule has 0 saturated carbocycles. The van der Waals surface area contributed by atoms with Gasteiger partial charge in [-0.25, -0.2) is 8.42 Å². The van der Waals surface area contributed by atoms with E-state index in [0.717, 1.165) is 31.6 Å². The lowest BCUT2D eigenvalue weighted by Crippen LogP contribution is -2.42. The van der Waals surface area contributed by atoms with E-state index in [1.165, 1.54) is 17.1 Å².